The number of nitrogens with two attached hydrogens (primary N) is 1. The predicted octanol–water partition coefficient (Wildman–Crippen LogP) is -1.47. The summed E-state index contributed by atoms with van der Waals surface area (Å²) in [5.41, 5.74) is 2.47. The lowest BCUT2D eigenvalue weighted by atomic mass is 10.3. The summed E-state index contributed by atoms with van der Waals surface area (Å²) in [5.74, 6) is 5.05. The van der Waals surface area contributed by atoms with Crippen LogP contribution < -0.4 is 21.3 Å². The summed E-state index contributed by atoms with van der Waals surface area (Å²) in [6.45, 7) is 0.274. The van der Waals surface area contributed by atoms with E-state index in [0.717, 1.165) is 0 Å². The quantitative estimate of drug-likeness (QED) is 0.391. The van der Waals surface area contributed by atoms with E-state index in [1.165, 1.54) is 12.3 Å². The number of carbonyl (C=O) groups excluding carboxylic acids is 1. The Kier molecular flexibility index (Phi) is 3.45. The van der Waals surface area contributed by atoms with Gasteiger partial charge in [-0.1, -0.05) is 0 Å². The van der Waals surface area contributed by atoms with E-state index < -0.39 is 16.1 Å². The van der Waals surface area contributed by atoms with E-state index in [2.05, 4.69) is 20.4 Å². The maximum atomic E-state index is 12.1. The van der Waals surface area contributed by atoms with E-state index in [9.17, 15) is 13.2 Å². The summed E-state index contributed by atoms with van der Waals surface area (Å²) in [6, 6.07) is 2.60. The minimum Gasteiger partial charge on any atom is -0.354 e. The number of hydrogen-bond donors (Lipinski definition) is 4. The number of carbonyl (C=O) groups is 1. The van der Waals surface area contributed by atoms with Gasteiger partial charge in [0, 0.05) is 25.2 Å². The molecule has 1 unspecified atom stereocenters. The van der Waals surface area contributed by atoms with Crippen LogP contribution in [0.3, 0.4) is 0 Å². The van der Waals surface area contributed by atoms with Crippen molar-refractivity contribution < 1.29 is 13.2 Å². The van der Waals surface area contributed by atoms with Gasteiger partial charge in [-0.25, -0.2) is 18.1 Å². The number of sulfonamides is 1. The lowest BCUT2D eigenvalue weighted by Gasteiger charge is -2.12. The first-order chi connectivity index (χ1) is 8.53. The van der Waals surface area contributed by atoms with Crippen molar-refractivity contribution >= 4 is 21.6 Å². The summed E-state index contributed by atoms with van der Waals surface area (Å²) in [4.78, 5) is 14.8. The number of pyridine rings is 1. The highest BCUT2D eigenvalue weighted by Gasteiger charge is 2.28. The molecule has 18 heavy (non-hydrogen) atoms. The molecule has 1 aliphatic heterocycles. The molecule has 0 aliphatic carbocycles. The summed E-state index contributed by atoms with van der Waals surface area (Å²) in [7, 11) is -3.81. The van der Waals surface area contributed by atoms with Gasteiger partial charge >= 0.3 is 0 Å². The Labute approximate surface area is 104 Å². The molecule has 1 fully saturated rings. The molecule has 1 aromatic rings. The van der Waals surface area contributed by atoms with Crippen molar-refractivity contribution in [2.24, 2.45) is 5.84 Å². The largest absolute Gasteiger partial charge is 0.354 e. The van der Waals surface area contributed by atoms with Crippen LogP contribution in [0.25, 0.3) is 0 Å². The van der Waals surface area contributed by atoms with Crippen LogP contribution in [-0.2, 0) is 14.8 Å². The molecule has 9 heteroatoms. The molecular formula is C9H13N5O3S. The molecule has 5 N–H and O–H groups in total. The first-order valence-corrected chi connectivity index (χ1v) is 6.72. The number of nitrogens with zero attached hydrogens (tertiary/aromatic N) is 1. The highest BCUT2D eigenvalue weighted by Crippen LogP contribution is 2.17. The zero-order chi connectivity index (χ0) is 13.2. The second kappa shape index (κ2) is 4.88. The summed E-state index contributed by atoms with van der Waals surface area (Å²) in [6.07, 6.45) is 1.48. The van der Waals surface area contributed by atoms with Crippen LogP contribution in [0, 0.1) is 0 Å². The van der Waals surface area contributed by atoms with Crippen LogP contribution in [0.4, 0.5) is 5.69 Å². The molecule has 2 heterocycles. The average molecular weight is 271 g/mol. The van der Waals surface area contributed by atoms with E-state index in [1.54, 1.807) is 6.07 Å². The summed E-state index contributed by atoms with van der Waals surface area (Å²) in [5, 5.41) is 2.36. The Morgan fingerprint density at radius 2 is 2.28 bits per heavy atom. The monoisotopic (exact) mass is 271 g/mol. The van der Waals surface area contributed by atoms with Gasteiger partial charge in [-0.05, 0) is 12.1 Å². The van der Waals surface area contributed by atoms with Gasteiger partial charge in [0.05, 0.1) is 5.69 Å². The van der Waals surface area contributed by atoms with E-state index in [-0.39, 0.29) is 29.6 Å². The van der Waals surface area contributed by atoms with Crippen molar-refractivity contribution in [3.05, 3.63) is 18.3 Å². The number of hydrazine groups is 1. The van der Waals surface area contributed by atoms with Gasteiger partial charge in [0.25, 0.3) is 10.0 Å². The molecule has 0 aromatic carbocycles. The number of amides is 1. The van der Waals surface area contributed by atoms with Crippen LogP contribution in [0.5, 0.6) is 0 Å². The van der Waals surface area contributed by atoms with Crippen LogP contribution in [0.1, 0.15) is 6.42 Å². The molecule has 1 aromatic heterocycles. The van der Waals surface area contributed by atoms with Gasteiger partial charge in [-0.15, -0.1) is 0 Å². The number of nitrogen functional groups attached to an aromatic ring is 1. The molecule has 1 amide bonds. The predicted molar refractivity (Wildman–Crippen MR) is 63.8 cm³/mol. The minimum absolute atomic E-state index is 0.122. The van der Waals surface area contributed by atoms with Crippen molar-refractivity contribution in [2.45, 2.75) is 17.5 Å². The van der Waals surface area contributed by atoms with Crippen molar-refractivity contribution in [3.63, 3.8) is 0 Å². The van der Waals surface area contributed by atoms with Gasteiger partial charge in [-0.3, -0.25) is 10.6 Å². The second-order valence-corrected chi connectivity index (χ2v) is 5.46. The normalized spacial score (nSPS) is 19.6. The zero-order valence-corrected chi connectivity index (χ0v) is 10.2. The third-order valence-corrected chi connectivity index (χ3v) is 3.96. The Morgan fingerprint density at radius 1 is 1.50 bits per heavy atom. The number of aromatic nitrogens is 1. The van der Waals surface area contributed by atoms with Crippen molar-refractivity contribution in [1.82, 2.24) is 15.0 Å². The first-order valence-electron chi connectivity index (χ1n) is 5.23. The Morgan fingerprint density at radius 3 is 2.89 bits per heavy atom. The van der Waals surface area contributed by atoms with Crippen molar-refractivity contribution in [2.75, 3.05) is 12.0 Å². The second-order valence-electron chi connectivity index (χ2n) is 3.83. The molecule has 8 nitrogen and oxygen atoms in total. The average Bonchev–Trinajstić information content (AvgIpc) is 2.74. The summed E-state index contributed by atoms with van der Waals surface area (Å²) >= 11 is 0. The fraction of sp³-hybridized carbons (Fsp3) is 0.333. The topological polar surface area (TPSA) is 126 Å². The van der Waals surface area contributed by atoms with Crippen molar-refractivity contribution in [3.8, 4) is 0 Å². The molecule has 1 aliphatic rings. The summed E-state index contributed by atoms with van der Waals surface area (Å²) < 4.78 is 26.5. The molecule has 0 bridgehead atoms. The number of hydrogen-bond acceptors (Lipinski definition) is 6. The lowest BCUT2D eigenvalue weighted by molar-refractivity contribution is -0.119. The van der Waals surface area contributed by atoms with Crippen LogP contribution in [-0.4, -0.2) is 31.9 Å². The highest BCUT2D eigenvalue weighted by molar-refractivity contribution is 7.89. The third-order valence-electron chi connectivity index (χ3n) is 2.48. The maximum absolute atomic E-state index is 12.1. The van der Waals surface area contributed by atoms with Gasteiger partial charge < -0.3 is 10.7 Å². The van der Waals surface area contributed by atoms with E-state index >= 15 is 0 Å². The zero-order valence-electron chi connectivity index (χ0n) is 9.38. The standard InChI is InChI=1S/C9H13N5O3S/c10-13-7-2-1-3-11-9(7)18(16,17)14-6-4-8(15)12-5-6/h1-3,6,13-14H,4-5,10H2,(H,12,15). The number of rotatable bonds is 4. The van der Waals surface area contributed by atoms with Gasteiger partial charge in [-0.2, -0.15) is 0 Å². The Hall–Kier alpha value is -1.71. The molecule has 1 saturated heterocycles. The third kappa shape index (κ3) is 2.58. The minimum atomic E-state index is -3.81. The fourth-order valence-electron chi connectivity index (χ4n) is 1.68. The molecule has 0 saturated carbocycles. The molecule has 0 radical (unpaired) electrons. The first kappa shape index (κ1) is 12.7. The van der Waals surface area contributed by atoms with E-state index in [0.29, 0.717) is 0 Å². The van der Waals surface area contributed by atoms with Gasteiger partial charge in [0.2, 0.25) is 5.91 Å². The van der Waals surface area contributed by atoms with Crippen LogP contribution >= 0.6 is 0 Å². The highest BCUT2D eigenvalue weighted by atomic mass is 32.2. The van der Waals surface area contributed by atoms with Crippen molar-refractivity contribution in [1.29, 1.82) is 0 Å². The molecule has 1 atom stereocenters. The SMILES string of the molecule is NNc1cccnc1S(=O)(=O)NC1CNC(=O)C1. The lowest BCUT2D eigenvalue weighted by Crippen LogP contribution is -2.37. The molecule has 2 rings (SSSR count). The number of anilines is 1. The van der Waals surface area contributed by atoms with Crippen LogP contribution in [0.15, 0.2) is 23.4 Å². The van der Waals surface area contributed by atoms with E-state index in [1.807, 2.05) is 0 Å². The Balaban J connectivity index is 2.22. The molecule has 0 spiro atoms. The fourth-order valence-corrected chi connectivity index (χ4v) is 3.01. The van der Waals surface area contributed by atoms with E-state index in [4.69, 9.17) is 5.84 Å². The molecular weight excluding hydrogens is 258 g/mol. The molecule has 98 valence electrons. The Bertz CT molecular complexity index is 559. The number of nitrogens with one attached hydrogen (secondary N) is 3. The van der Waals surface area contributed by atoms with Crippen LogP contribution in [0.2, 0.25) is 0 Å². The van der Waals surface area contributed by atoms with Gasteiger partial charge in [0.15, 0.2) is 5.03 Å². The maximum Gasteiger partial charge on any atom is 0.260 e. The smallest absolute Gasteiger partial charge is 0.260 e. The van der Waals surface area contributed by atoms with Gasteiger partial charge in [0.1, 0.15) is 0 Å².